The monoisotopic (exact) mass is 363 g/mol. The van der Waals surface area contributed by atoms with E-state index in [2.05, 4.69) is 21.3 Å². The molecule has 3 aromatic rings. The number of nitrogens with one attached hydrogen (secondary N) is 2. The third kappa shape index (κ3) is 2.60. The van der Waals surface area contributed by atoms with Crippen molar-refractivity contribution < 1.29 is 9.47 Å². The number of aryl methyl sites for hydroxylation is 1. The Morgan fingerprint density at radius 3 is 2.96 bits per heavy atom. The highest BCUT2D eigenvalue weighted by atomic mass is 16.5. The number of hydrogen-bond donors (Lipinski definition) is 3. The van der Waals surface area contributed by atoms with Gasteiger partial charge in [-0.05, 0) is 38.1 Å². The maximum absolute atomic E-state index is 12.8. The Morgan fingerprint density at radius 2 is 2.22 bits per heavy atom. The van der Waals surface area contributed by atoms with Gasteiger partial charge in [0.25, 0.3) is 5.56 Å². The van der Waals surface area contributed by atoms with Gasteiger partial charge in [-0.1, -0.05) is 0 Å². The number of nitrogens with zero attached hydrogens (tertiary/aromatic N) is 2. The molecule has 0 saturated heterocycles. The molecular weight excluding hydrogens is 346 g/mol. The molecule has 0 bridgehead atoms. The van der Waals surface area contributed by atoms with Gasteiger partial charge in [-0.25, -0.2) is 0 Å². The van der Waals surface area contributed by atoms with Gasteiger partial charge in [0, 0.05) is 27.7 Å². The Kier molecular flexibility index (Phi) is 3.85. The fourth-order valence-corrected chi connectivity index (χ4v) is 3.38. The Hall–Kier alpha value is -3.73. The van der Waals surface area contributed by atoms with E-state index in [1.165, 1.54) is 0 Å². The van der Waals surface area contributed by atoms with Crippen molar-refractivity contribution >= 4 is 10.9 Å². The van der Waals surface area contributed by atoms with Crippen LogP contribution in [0.4, 0.5) is 0 Å². The lowest BCUT2D eigenvalue weighted by molar-refractivity contribution is 0.340. The lowest BCUT2D eigenvalue weighted by Crippen LogP contribution is -2.25. The minimum absolute atomic E-state index is 0.0518. The Bertz CT molecular complexity index is 1180. The quantitative estimate of drug-likeness (QED) is 0.654. The molecule has 2 aromatic heterocycles. The van der Waals surface area contributed by atoms with Crippen molar-refractivity contribution in [3.63, 3.8) is 0 Å². The zero-order valence-corrected chi connectivity index (χ0v) is 14.8. The summed E-state index contributed by atoms with van der Waals surface area (Å²) in [5, 5.41) is 17.3. The predicted octanol–water partition coefficient (Wildman–Crippen LogP) is 2.18. The minimum atomic E-state index is -0.665. The van der Waals surface area contributed by atoms with Crippen LogP contribution < -0.4 is 20.8 Å². The Balaban J connectivity index is 1.97. The predicted molar refractivity (Wildman–Crippen MR) is 98.4 cm³/mol. The first-order valence-corrected chi connectivity index (χ1v) is 8.45. The second-order valence-corrected chi connectivity index (χ2v) is 6.23. The van der Waals surface area contributed by atoms with Crippen molar-refractivity contribution in [2.75, 3.05) is 6.61 Å². The Labute approximate surface area is 154 Å². The van der Waals surface area contributed by atoms with Gasteiger partial charge in [-0.3, -0.25) is 9.89 Å². The molecule has 4 rings (SSSR count). The van der Waals surface area contributed by atoms with Gasteiger partial charge in [0.1, 0.15) is 17.4 Å². The van der Waals surface area contributed by atoms with E-state index in [1.807, 2.05) is 13.0 Å². The van der Waals surface area contributed by atoms with E-state index in [0.29, 0.717) is 34.7 Å². The molecule has 0 radical (unpaired) electrons. The third-order valence-corrected chi connectivity index (χ3v) is 4.60. The lowest BCUT2D eigenvalue weighted by Gasteiger charge is -2.23. The van der Waals surface area contributed by atoms with Crippen LogP contribution in [0.1, 0.15) is 29.7 Å². The van der Waals surface area contributed by atoms with Gasteiger partial charge in [0.15, 0.2) is 0 Å². The van der Waals surface area contributed by atoms with Crippen molar-refractivity contribution in [2.24, 2.45) is 5.73 Å². The number of hydrogen-bond acceptors (Lipinski definition) is 6. The summed E-state index contributed by atoms with van der Waals surface area (Å²) in [5.74, 6) is 0.257. The molecule has 0 saturated carbocycles. The van der Waals surface area contributed by atoms with Gasteiger partial charge in [-0.2, -0.15) is 5.26 Å². The molecule has 4 N–H and O–H groups in total. The van der Waals surface area contributed by atoms with Crippen LogP contribution in [0.25, 0.3) is 10.9 Å². The van der Waals surface area contributed by atoms with Crippen LogP contribution >= 0.6 is 0 Å². The van der Waals surface area contributed by atoms with Crippen LogP contribution in [0.15, 0.2) is 40.5 Å². The molecule has 0 aliphatic carbocycles. The number of rotatable bonds is 3. The molecule has 8 nitrogen and oxygen atoms in total. The fourth-order valence-electron chi connectivity index (χ4n) is 3.38. The van der Waals surface area contributed by atoms with Crippen LogP contribution in [-0.2, 0) is 0 Å². The van der Waals surface area contributed by atoms with Crippen LogP contribution in [0.2, 0.25) is 0 Å². The third-order valence-electron chi connectivity index (χ3n) is 4.60. The van der Waals surface area contributed by atoms with Crippen LogP contribution in [0.3, 0.4) is 0 Å². The molecule has 1 aromatic carbocycles. The molecular formula is C19H17N5O3. The number of H-pyrrole nitrogens is 2. The van der Waals surface area contributed by atoms with E-state index in [0.717, 1.165) is 5.39 Å². The van der Waals surface area contributed by atoms with Gasteiger partial charge < -0.3 is 20.2 Å². The van der Waals surface area contributed by atoms with Crippen LogP contribution in [0.5, 0.6) is 11.6 Å². The smallest absolute Gasteiger partial charge is 0.252 e. The molecule has 0 unspecified atom stereocenters. The highest BCUT2D eigenvalue weighted by Gasteiger charge is 2.35. The van der Waals surface area contributed by atoms with Crippen molar-refractivity contribution in [3.05, 3.63) is 62.9 Å². The maximum atomic E-state index is 12.8. The van der Waals surface area contributed by atoms with E-state index in [4.69, 9.17) is 15.2 Å². The molecule has 27 heavy (non-hydrogen) atoms. The summed E-state index contributed by atoms with van der Waals surface area (Å²) in [6.45, 7) is 4.25. The SMILES string of the molecule is CCOc1ccc2[nH]c(=O)c([C@@H]3C(C#N)=C(N)Oc4n[nH]c(C)c43)cc2c1. The second-order valence-electron chi connectivity index (χ2n) is 6.23. The van der Waals surface area contributed by atoms with Crippen molar-refractivity contribution in [1.82, 2.24) is 15.2 Å². The largest absolute Gasteiger partial charge is 0.494 e. The van der Waals surface area contributed by atoms with Crippen molar-refractivity contribution in [3.8, 4) is 17.7 Å². The summed E-state index contributed by atoms with van der Waals surface area (Å²) in [6.07, 6.45) is 0. The highest BCUT2D eigenvalue weighted by Crippen LogP contribution is 2.41. The molecule has 3 heterocycles. The van der Waals surface area contributed by atoms with E-state index in [1.54, 1.807) is 25.1 Å². The maximum Gasteiger partial charge on any atom is 0.252 e. The number of benzene rings is 1. The zero-order valence-electron chi connectivity index (χ0n) is 14.8. The first-order valence-electron chi connectivity index (χ1n) is 8.45. The summed E-state index contributed by atoms with van der Waals surface area (Å²) >= 11 is 0. The zero-order chi connectivity index (χ0) is 19.1. The summed E-state index contributed by atoms with van der Waals surface area (Å²) in [4.78, 5) is 15.7. The topological polar surface area (TPSA) is 130 Å². The standard InChI is InChI=1S/C19H17N5O3/c1-3-26-11-4-5-14-10(6-11)7-12(18(25)22-14)16-13(8-20)17(21)27-19-15(16)9(2)23-24-19/h4-7,16H,3,21H2,1-2H3,(H,22,25)(H,23,24)/t16-/m1/s1. The van der Waals surface area contributed by atoms with Gasteiger partial charge in [-0.15, -0.1) is 5.10 Å². The molecule has 1 atom stereocenters. The lowest BCUT2D eigenvalue weighted by atomic mass is 9.84. The highest BCUT2D eigenvalue weighted by molar-refractivity contribution is 5.81. The number of nitriles is 1. The average Bonchev–Trinajstić information content (AvgIpc) is 3.01. The summed E-state index contributed by atoms with van der Waals surface area (Å²) < 4.78 is 11.0. The Morgan fingerprint density at radius 1 is 1.41 bits per heavy atom. The number of ether oxygens (including phenoxy) is 2. The molecule has 0 spiro atoms. The molecule has 1 aliphatic heterocycles. The first kappa shape index (κ1) is 16.7. The molecule has 1 aliphatic rings. The van der Waals surface area contributed by atoms with Crippen LogP contribution in [0, 0.1) is 18.3 Å². The molecule has 0 fully saturated rings. The van der Waals surface area contributed by atoms with Crippen molar-refractivity contribution in [2.45, 2.75) is 19.8 Å². The van der Waals surface area contributed by atoms with Crippen molar-refractivity contribution in [1.29, 1.82) is 5.26 Å². The molecule has 8 heteroatoms. The van der Waals surface area contributed by atoms with Gasteiger partial charge >= 0.3 is 0 Å². The average molecular weight is 363 g/mol. The molecule has 0 amide bonds. The van der Waals surface area contributed by atoms with Gasteiger partial charge in [0.05, 0.1) is 12.5 Å². The number of nitrogens with two attached hydrogens (primary N) is 1. The summed E-state index contributed by atoms with van der Waals surface area (Å²) in [7, 11) is 0. The van der Waals surface area contributed by atoms with Gasteiger partial charge in [0.2, 0.25) is 11.8 Å². The minimum Gasteiger partial charge on any atom is -0.494 e. The number of aromatic nitrogens is 3. The summed E-state index contributed by atoms with van der Waals surface area (Å²) in [6, 6.07) is 9.27. The fraction of sp³-hybridized carbons (Fsp3) is 0.211. The number of aromatic amines is 2. The summed E-state index contributed by atoms with van der Waals surface area (Å²) in [5.41, 5.74) is 8.20. The number of allylic oxidation sites excluding steroid dienone is 1. The first-order chi connectivity index (χ1) is 13.0. The van der Waals surface area contributed by atoms with Crippen LogP contribution in [-0.4, -0.2) is 21.8 Å². The second kappa shape index (κ2) is 6.21. The van der Waals surface area contributed by atoms with E-state index in [9.17, 15) is 10.1 Å². The normalized spacial score (nSPS) is 16.0. The molecule has 136 valence electrons. The van der Waals surface area contributed by atoms with E-state index >= 15 is 0 Å². The number of fused-ring (bicyclic) bond motifs is 2. The van der Waals surface area contributed by atoms with E-state index in [-0.39, 0.29) is 22.9 Å². The number of pyridine rings is 1. The van der Waals surface area contributed by atoms with E-state index < -0.39 is 5.92 Å².